The van der Waals surface area contributed by atoms with Gasteiger partial charge in [0.2, 0.25) is 5.91 Å². The number of amides is 1. The average Bonchev–Trinajstić information content (AvgIpc) is 3.21. The molecule has 6 nitrogen and oxygen atoms in total. The maximum absolute atomic E-state index is 12.0. The maximum atomic E-state index is 12.0. The Morgan fingerprint density at radius 1 is 1.31 bits per heavy atom. The number of aryl methyl sites for hydroxylation is 1. The largest absolute Gasteiger partial charge is 0.352 e. The molecule has 8 heteroatoms. The molecule has 1 amide bonds. The predicted octanol–water partition coefficient (Wildman–Crippen LogP) is 3.63. The van der Waals surface area contributed by atoms with Crippen molar-refractivity contribution in [1.82, 2.24) is 19.7 Å². The molecule has 29 heavy (non-hydrogen) atoms. The molecule has 0 spiro atoms. The fraction of sp³-hybridized carbons (Fsp3) is 0.429. The number of rotatable bonds is 6. The van der Waals surface area contributed by atoms with Crippen molar-refractivity contribution in [2.75, 3.05) is 20.6 Å². The van der Waals surface area contributed by atoms with E-state index < -0.39 is 0 Å². The van der Waals surface area contributed by atoms with Crippen molar-refractivity contribution in [3.05, 3.63) is 58.4 Å². The van der Waals surface area contributed by atoms with Crippen LogP contribution in [0.1, 0.15) is 29.7 Å². The molecule has 1 N–H and O–H groups in total. The van der Waals surface area contributed by atoms with E-state index in [1.165, 1.54) is 11.1 Å². The SMILES string of the molecule is CN=C(NCc1ccccc1CN1CCCC1=O)N(C)Cc1cc(Cl)cn1C.I. The Morgan fingerprint density at radius 2 is 2.03 bits per heavy atom. The van der Waals surface area contributed by atoms with Gasteiger partial charge in [0, 0.05) is 59.1 Å². The average molecular weight is 530 g/mol. The van der Waals surface area contributed by atoms with E-state index in [9.17, 15) is 4.79 Å². The van der Waals surface area contributed by atoms with Crippen LogP contribution in [0.4, 0.5) is 0 Å². The van der Waals surface area contributed by atoms with Gasteiger partial charge in [0.25, 0.3) is 0 Å². The fourth-order valence-electron chi connectivity index (χ4n) is 3.56. The van der Waals surface area contributed by atoms with Gasteiger partial charge in [-0.25, -0.2) is 0 Å². The highest BCUT2D eigenvalue weighted by atomic mass is 127. The molecule has 158 valence electrons. The number of aromatic nitrogens is 1. The second-order valence-corrected chi connectivity index (χ2v) is 7.64. The fourth-order valence-corrected chi connectivity index (χ4v) is 3.83. The van der Waals surface area contributed by atoms with Gasteiger partial charge in [0.1, 0.15) is 0 Å². The van der Waals surface area contributed by atoms with Crippen LogP contribution in [0.3, 0.4) is 0 Å². The van der Waals surface area contributed by atoms with E-state index in [4.69, 9.17) is 11.6 Å². The summed E-state index contributed by atoms with van der Waals surface area (Å²) < 4.78 is 2.02. The molecule has 0 atom stereocenters. The van der Waals surface area contributed by atoms with E-state index >= 15 is 0 Å². The molecule has 1 aliphatic heterocycles. The summed E-state index contributed by atoms with van der Waals surface area (Å²) in [7, 11) is 5.78. The Hall–Kier alpha value is -1.74. The van der Waals surface area contributed by atoms with Crippen LogP contribution in [-0.4, -0.2) is 46.9 Å². The van der Waals surface area contributed by atoms with E-state index in [0.29, 0.717) is 26.1 Å². The van der Waals surface area contributed by atoms with Crippen LogP contribution in [0.25, 0.3) is 0 Å². The molecule has 3 rings (SSSR count). The molecule has 1 aromatic carbocycles. The molecule has 0 unspecified atom stereocenters. The minimum atomic E-state index is 0. The number of halogens is 2. The Balaban J connectivity index is 0.00000300. The summed E-state index contributed by atoms with van der Waals surface area (Å²) in [4.78, 5) is 20.4. The van der Waals surface area contributed by atoms with Crippen LogP contribution >= 0.6 is 35.6 Å². The van der Waals surface area contributed by atoms with Gasteiger partial charge < -0.3 is 19.7 Å². The first-order valence-corrected chi connectivity index (χ1v) is 9.93. The Bertz CT molecular complexity index is 867. The van der Waals surface area contributed by atoms with Gasteiger partial charge in [0.15, 0.2) is 5.96 Å². The molecule has 0 aliphatic carbocycles. The molecule has 1 saturated heterocycles. The van der Waals surface area contributed by atoms with Crippen LogP contribution < -0.4 is 5.32 Å². The zero-order valence-electron chi connectivity index (χ0n) is 17.2. The number of carbonyl (C=O) groups excluding carboxylic acids is 1. The number of nitrogens with one attached hydrogen (secondary N) is 1. The second-order valence-electron chi connectivity index (χ2n) is 7.20. The number of carbonyl (C=O) groups is 1. The van der Waals surface area contributed by atoms with Gasteiger partial charge >= 0.3 is 0 Å². The molecule has 0 saturated carbocycles. The van der Waals surface area contributed by atoms with Gasteiger partial charge in [-0.3, -0.25) is 9.79 Å². The van der Waals surface area contributed by atoms with Crippen LogP contribution in [0, 0.1) is 0 Å². The van der Waals surface area contributed by atoms with Gasteiger partial charge in [-0.1, -0.05) is 35.9 Å². The van der Waals surface area contributed by atoms with E-state index in [1.54, 1.807) is 7.05 Å². The van der Waals surface area contributed by atoms with Crippen LogP contribution in [0.5, 0.6) is 0 Å². The lowest BCUT2D eigenvalue weighted by Crippen LogP contribution is -2.38. The highest BCUT2D eigenvalue weighted by Gasteiger charge is 2.21. The predicted molar refractivity (Wildman–Crippen MR) is 129 cm³/mol. The van der Waals surface area contributed by atoms with Crippen molar-refractivity contribution < 1.29 is 4.79 Å². The number of guanidine groups is 1. The second kappa shape index (κ2) is 10.9. The van der Waals surface area contributed by atoms with E-state index in [0.717, 1.165) is 29.6 Å². The van der Waals surface area contributed by atoms with Gasteiger partial charge in [-0.05, 0) is 23.6 Å². The standard InChI is InChI=1S/C21H28ClN5O.HI/c1-23-21(26(3)15-19-11-18(22)14-25(19)2)24-12-16-7-4-5-8-17(16)13-27-10-6-9-20(27)28;/h4-5,7-8,11,14H,6,9-10,12-13,15H2,1-3H3,(H,23,24);1H. The summed E-state index contributed by atoms with van der Waals surface area (Å²) in [5.74, 6) is 1.06. The normalized spacial score (nSPS) is 14.1. The first-order valence-electron chi connectivity index (χ1n) is 9.55. The molecule has 2 aromatic rings. The zero-order chi connectivity index (χ0) is 20.1. The minimum absolute atomic E-state index is 0. The first kappa shape index (κ1) is 23.5. The lowest BCUT2D eigenvalue weighted by molar-refractivity contribution is -0.128. The highest BCUT2D eigenvalue weighted by molar-refractivity contribution is 14.0. The Morgan fingerprint density at radius 3 is 2.62 bits per heavy atom. The smallest absolute Gasteiger partial charge is 0.222 e. The third kappa shape index (κ3) is 6.12. The molecule has 1 fully saturated rings. The lowest BCUT2D eigenvalue weighted by Gasteiger charge is -2.23. The van der Waals surface area contributed by atoms with Crippen molar-refractivity contribution in [3.8, 4) is 0 Å². The van der Waals surface area contributed by atoms with E-state index in [2.05, 4.69) is 27.3 Å². The maximum Gasteiger partial charge on any atom is 0.222 e. The summed E-state index contributed by atoms with van der Waals surface area (Å²) in [6, 6.07) is 10.2. The summed E-state index contributed by atoms with van der Waals surface area (Å²) >= 11 is 6.09. The summed E-state index contributed by atoms with van der Waals surface area (Å²) in [6.45, 7) is 2.88. The van der Waals surface area contributed by atoms with Crippen molar-refractivity contribution in [2.45, 2.75) is 32.5 Å². The number of hydrogen-bond donors (Lipinski definition) is 1. The molecular weight excluding hydrogens is 501 g/mol. The number of likely N-dealkylation sites (tertiary alicyclic amines) is 1. The van der Waals surface area contributed by atoms with Gasteiger partial charge in [0.05, 0.1) is 11.6 Å². The number of aliphatic imine (C=N–C) groups is 1. The van der Waals surface area contributed by atoms with Crippen LogP contribution in [-0.2, 0) is 31.5 Å². The topological polar surface area (TPSA) is 52.9 Å². The molecule has 1 aliphatic rings. The van der Waals surface area contributed by atoms with Crippen LogP contribution in [0.2, 0.25) is 5.02 Å². The number of hydrogen-bond acceptors (Lipinski definition) is 2. The summed E-state index contributed by atoms with van der Waals surface area (Å²) in [6.07, 6.45) is 3.53. The monoisotopic (exact) mass is 529 g/mol. The van der Waals surface area contributed by atoms with Crippen molar-refractivity contribution in [2.24, 2.45) is 12.0 Å². The highest BCUT2D eigenvalue weighted by Crippen LogP contribution is 2.18. The van der Waals surface area contributed by atoms with Crippen LogP contribution in [0.15, 0.2) is 41.5 Å². The molecular formula is C21H29ClIN5O. The van der Waals surface area contributed by atoms with Crippen molar-refractivity contribution >= 4 is 47.4 Å². The van der Waals surface area contributed by atoms with E-state index in [-0.39, 0.29) is 29.9 Å². The van der Waals surface area contributed by atoms with Crippen molar-refractivity contribution in [3.63, 3.8) is 0 Å². The van der Waals surface area contributed by atoms with E-state index in [1.807, 2.05) is 48.0 Å². The molecule has 1 aromatic heterocycles. The van der Waals surface area contributed by atoms with Gasteiger partial charge in [-0.15, -0.1) is 24.0 Å². The molecule has 0 bridgehead atoms. The third-order valence-electron chi connectivity index (χ3n) is 5.13. The Kier molecular flexibility index (Phi) is 8.82. The minimum Gasteiger partial charge on any atom is -0.352 e. The number of nitrogens with zero attached hydrogens (tertiary/aromatic N) is 4. The summed E-state index contributed by atoms with van der Waals surface area (Å²) in [5, 5.41) is 4.17. The first-order chi connectivity index (χ1) is 13.5. The molecule has 0 radical (unpaired) electrons. The third-order valence-corrected chi connectivity index (χ3v) is 5.34. The van der Waals surface area contributed by atoms with Crippen molar-refractivity contribution in [1.29, 1.82) is 0 Å². The quantitative estimate of drug-likeness (QED) is 0.353. The summed E-state index contributed by atoms with van der Waals surface area (Å²) in [5.41, 5.74) is 3.47. The lowest BCUT2D eigenvalue weighted by atomic mass is 10.1. The molecule has 2 heterocycles. The zero-order valence-corrected chi connectivity index (χ0v) is 20.3. The van der Waals surface area contributed by atoms with Gasteiger partial charge in [-0.2, -0.15) is 0 Å². The Labute approximate surface area is 194 Å². The number of benzene rings is 1.